The summed E-state index contributed by atoms with van der Waals surface area (Å²) in [6.45, 7) is -0.220. The van der Waals surface area contributed by atoms with Gasteiger partial charge in [-0.2, -0.15) is 5.26 Å². The third-order valence-corrected chi connectivity index (χ3v) is 2.36. The van der Waals surface area contributed by atoms with Gasteiger partial charge in [-0.15, -0.1) is 0 Å². The molecule has 1 amide bonds. The molecule has 0 atom stereocenters. The van der Waals surface area contributed by atoms with E-state index in [0.29, 0.717) is 5.02 Å². The molecule has 1 aromatic rings. The van der Waals surface area contributed by atoms with Crippen LogP contribution in [0.2, 0.25) is 5.02 Å². The second kappa shape index (κ2) is 7.24. The normalized spacial score (nSPS) is 9.47. The summed E-state index contributed by atoms with van der Waals surface area (Å²) in [5.41, 5.74) is 5.93. The van der Waals surface area contributed by atoms with Crippen molar-refractivity contribution in [2.75, 3.05) is 18.9 Å². The number of nitrogens with one attached hydrogen (secondary N) is 1. The van der Waals surface area contributed by atoms with Crippen LogP contribution in [-0.4, -0.2) is 25.0 Å². The summed E-state index contributed by atoms with van der Waals surface area (Å²) in [5, 5.41) is 11.1. The number of benzene rings is 1. The first-order chi connectivity index (χ1) is 9.04. The van der Waals surface area contributed by atoms with Crippen molar-refractivity contribution < 1.29 is 14.3 Å². The molecule has 0 bridgehead atoms. The molecule has 0 unspecified atom stereocenters. The Morgan fingerprint density at radius 2 is 2.21 bits per heavy atom. The van der Waals surface area contributed by atoms with Crippen molar-refractivity contribution in [1.29, 1.82) is 5.26 Å². The van der Waals surface area contributed by atoms with Crippen LogP contribution >= 0.6 is 11.6 Å². The van der Waals surface area contributed by atoms with E-state index < -0.39 is 18.5 Å². The number of nitrogens with two attached hydrogens (primary N) is 1. The van der Waals surface area contributed by atoms with Gasteiger partial charge >= 0.3 is 5.97 Å². The molecule has 0 saturated heterocycles. The van der Waals surface area contributed by atoms with E-state index in [-0.39, 0.29) is 24.2 Å². The number of ether oxygens (including phenoxy) is 1. The van der Waals surface area contributed by atoms with E-state index >= 15 is 0 Å². The number of hydrogen-bond donors (Lipinski definition) is 2. The smallest absolute Gasteiger partial charge is 0.340 e. The molecule has 6 nitrogen and oxygen atoms in total. The summed E-state index contributed by atoms with van der Waals surface area (Å²) < 4.78 is 4.78. The fraction of sp³-hybridized carbons (Fsp3) is 0.250. The molecule has 0 aliphatic carbocycles. The SMILES string of the molecule is N#CCCNC(=O)COC(=O)c1cc(Cl)ccc1N. The van der Waals surface area contributed by atoms with Gasteiger partial charge in [-0.1, -0.05) is 11.6 Å². The number of hydrogen-bond acceptors (Lipinski definition) is 5. The molecule has 0 aliphatic rings. The summed E-state index contributed by atoms with van der Waals surface area (Å²) in [7, 11) is 0. The first kappa shape index (κ1) is 14.8. The highest BCUT2D eigenvalue weighted by atomic mass is 35.5. The Kier molecular flexibility index (Phi) is 5.64. The quantitative estimate of drug-likeness (QED) is 0.478. The number of nitriles is 1. The maximum Gasteiger partial charge on any atom is 0.340 e. The molecule has 0 saturated carbocycles. The van der Waals surface area contributed by atoms with E-state index in [0.717, 1.165) is 0 Å². The number of carbonyl (C=O) groups is 2. The molecular weight excluding hydrogens is 270 g/mol. The molecule has 0 fully saturated rings. The Bertz CT molecular complexity index is 525. The molecule has 1 aromatic carbocycles. The van der Waals surface area contributed by atoms with E-state index in [1.54, 1.807) is 6.07 Å². The molecule has 3 N–H and O–H groups in total. The van der Waals surface area contributed by atoms with Gasteiger partial charge in [0.1, 0.15) is 0 Å². The van der Waals surface area contributed by atoms with Crippen molar-refractivity contribution >= 4 is 29.2 Å². The van der Waals surface area contributed by atoms with Crippen molar-refractivity contribution in [2.45, 2.75) is 6.42 Å². The van der Waals surface area contributed by atoms with Crippen molar-refractivity contribution in [3.8, 4) is 6.07 Å². The summed E-state index contributed by atoms with van der Waals surface area (Å²) in [6, 6.07) is 6.26. The van der Waals surface area contributed by atoms with Crippen molar-refractivity contribution in [3.63, 3.8) is 0 Å². The van der Waals surface area contributed by atoms with E-state index in [2.05, 4.69) is 5.32 Å². The average Bonchev–Trinajstić information content (AvgIpc) is 2.39. The van der Waals surface area contributed by atoms with Gasteiger partial charge in [0.25, 0.3) is 5.91 Å². The maximum absolute atomic E-state index is 11.7. The average molecular weight is 282 g/mol. The second-order valence-corrected chi connectivity index (χ2v) is 4.00. The highest BCUT2D eigenvalue weighted by Gasteiger charge is 2.13. The standard InChI is InChI=1S/C12H12ClN3O3/c13-8-2-3-10(15)9(6-8)12(18)19-7-11(17)16-5-1-4-14/h2-3,6H,1,5,7,15H2,(H,16,17). The second-order valence-electron chi connectivity index (χ2n) is 3.57. The minimum absolute atomic E-state index is 0.109. The molecule has 0 heterocycles. The zero-order chi connectivity index (χ0) is 14.3. The minimum Gasteiger partial charge on any atom is -0.452 e. The Hall–Kier alpha value is -2.26. The van der Waals surface area contributed by atoms with Crippen LogP contribution in [0.15, 0.2) is 18.2 Å². The van der Waals surface area contributed by atoms with Gasteiger partial charge in [-0.3, -0.25) is 4.79 Å². The Morgan fingerprint density at radius 3 is 2.89 bits per heavy atom. The lowest BCUT2D eigenvalue weighted by Crippen LogP contribution is -2.29. The van der Waals surface area contributed by atoms with Crippen LogP contribution in [0.3, 0.4) is 0 Å². The van der Waals surface area contributed by atoms with Gasteiger partial charge in [0.15, 0.2) is 6.61 Å². The molecule has 0 aromatic heterocycles. The minimum atomic E-state index is -0.726. The first-order valence-electron chi connectivity index (χ1n) is 5.40. The molecule has 1 rings (SSSR count). The van der Waals surface area contributed by atoms with Gasteiger partial charge < -0.3 is 15.8 Å². The number of anilines is 1. The third kappa shape index (κ3) is 4.85. The third-order valence-electron chi connectivity index (χ3n) is 2.13. The number of nitrogen functional groups attached to an aromatic ring is 1. The van der Waals surface area contributed by atoms with E-state index in [1.807, 2.05) is 6.07 Å². The fourth-order valence-corrected chi connectivity index (χ4v) is 1.40. The number of halogens is 1. The van der Waals surface area contributed by atoms with Crippen molar-refractivity contribution in [3.05, 3.63) is 28.8 Å². The van der Waals surface area contributed by atoms with Crippen LogP contribution in [0.4, 0.5) is 5.69 Å². The Morgan fingerprint density at radius 1 is 1.47 bits per heavy atom. The fourth-order valence-electron chi connectivity index (χ4n) is 1.22. The summed E-state index contributed by atoms with van der Waals surface area (Å²) in [5.74, 6) is -1.21. The van der Waals surface area contributed by atoms with Gasteiger partial charge in [0.05, 0.1) is 18.1 Å². The highest BCUT2D eigenvalue weighted by Crippen LogP contribution is 2.18. The van der Waals surface area contributed by atoms with Gasteiger partial charge in [-0.05, 0) is 18.2 Å². The Labute approximate surface area is 115 Å². The molecular formula is C12H12ClN3O3. The number of carbonyl (C=O) groups excluding carboxylic acids is 2. The van der Waals surface area contributed by atoms with Crippen LogP contribution in [0.1, 0.15) is 16.8 Å². The summed E-state index contributed by atoms with van der Waals surface area (Å²) in [4.78, 5) is 22.9. The first-order valence-corrected chi connectivity index (χ1v) is 5.78. The van der Waals surface area contributed by atoms with Crippen molar-refractivity contribution in [2.24, 2.45) is 0 Å². The van der Waals surface area contributed by atoms with Crippen LogP contribution in [0.25, 0.3) is 0 Å². The van der Waals surface area contributed by atoms with Crippen LogP contribution < -0.4 is 11.1 Å². The topological polar surface area (TPSA) is 105 Å². The van der Waals surface area contributed by atoms with Crippen molar-refractivity contribution in [1.82, 2.24) is 5.32 Å². The Balaban J connectivity index is 2.49. The van der Waals surface area contributed by atoms with E-state index in [1.165, 1.54) is 12.1 Å². The monoisotopic (exact) mass is 281 g/mol. The predicted molar refractivity (Wildman–Crippen MR) is 69.4 cm³/mol. The lowest BCUT2D eigenvalue weighted by Gasteiger charge is -2.07. The molecule has 0 spiro atoms. The van der Waals surface area contributed by atoms with Gasteiger partial charge in [0.2, 0.25) is 0 Å². The lowest BCUT2D eigenvalue weighted by atomic mass is 10.2. The van der Waals surface area contributed by atoms with Crippen LogP contribution in [0, 0.1) is 11.3 Å². The summed E-state index contributed by atoms with van der Waals surface area (Å²) >= 11 is 5.73. The molecule has 7 heteroatoms. The predicted octanol–water partition coefficient (Wildman–Crippen LogP) is 1.11. The van der Waals surface area contributed by atoms with E-state index in [9.17, 15) is 9.59 Å². The van der Waals surface area contributed by atoms with Crippen LogP contribution in [-0.2, 0) is 9.53 Å². The van der Waals surface area contributed by atoms with Crippen LogP contribution in [0.5, 0.6) is 0 Å². The molecule has 100 valence electrons. The number of amides is 1. The lowest BCUT2D eigenvalue weighted by molar-refractivity contribution is -0.124. The number of rotatable bonds is 5. The molecule has 19 heavy (non-hydrogen) atoms. The molecule has 0 aliphatic heterocycles. The maximum atomic E-state index is 11.7. The zero-order valence-electron chi connectivity index (χ0n) is 9.98. The highest BCUT2D eigenvalue weighted by molar-refractivity contribution is 6.31. The number of nitrogens with zero attached hydrogens (tertiary/aromatic N) is 1. The van der Waals surface area contributed by atoms with E-state index in [4.69, 9.17) is 27.3 Å². The summed E-state index contributed by atoms with van der Waals surface area (Å²) in [6.07, 6.45) is 0.195. The molecule has 0 radical (unpaired) electrons. The van der Waals surface area contributed by atoms with Gasteiger partial charge in [0, 0.05) is 17.3 Å². The van der Waals surface area contributed by atoms with Gasteiger partial charge in [-0.25, -0.2) is 4.79 Å². The zero-order valence-corrected chi connectivity index (χ0v) is 10.7. The largest absolute Gasteiger partial charge is 0.452 e. The number of esters is 1.